The van der Waals surface area contributed by atoms with Gasteiger partial charge in [-0.3, -0.25) is 9.69 Å². The number of piperidine rings is 1. The lowest BCUT2D eigenvalue weighted by atomic mass is 10.00. The number of pyridine rings is 1. The van der Waals surface area contributed by atoms with Crippen molar-refractivity contribution in [1.29, 1.82) is 0 Å². The fraction of sp³-hybridized carbons (Fsp3) is 0.533. The third-order valence-electron chi connectivity index (χ3n) is 4.74. The largest absolute Gasteiger partial charge is 0.465 e. The first-order chi connectivity index (χ1) is 11.7. The molecule has 1 saturated heterocycles. The summed E-state index contributed by atoms with van der Waals surface area (Å²) in [5, 5.41) is 12.0. The smallest absolute Gasteiger partial charge is 0.408 e. The molecule has 3 atom stereocenters. The molecule has 1 saturated carbocycles. The molecule has 1 aromatic rings. The van der Waals surface area contributed by atoms with Crippen molar-refractivity contribution in [1.82, 2.24) is 9.88 Å². The van der Waals surface area contributed by atoms with E-state index in [1.165, 1.54) is 0 Å². The molecule has 136 valence electrons. The molecule has 1 aromatic heterocycles. The summed E-state index contributed by atoms with van der Waals surface area (Å²) in [7, 11) is 0. The fourth-order valence-corrected chi connectivity index (χ4v) is 3.71. The predicted octanol–water partition coefficient (Wildman–Crippen LogP) is 2.84. The number of likely N-dealkylation sites (tertiary alicyclic amines) is 1. The number of rotatable bonds is 5. The highest BCUT2D eigenvalue weighted by molar-refractivity contribution is 9.10. The van der Waals surface area contributed by atoms with Gasteiger partial charge in [-0.1, -0.05) is 6.07 Å². The van der Waals surface area contributed by atoms with E-state index in [9.17, 15) is 23.5 Å². The summed E-state index contributed by atoms with van der Waals surface area (Å²) in [5.41, 5.74) is 0.00801. The van der Waals surface area contributed by atoms with Crippen molar-refractivity contribution in [2.45, 2.75) is 38.5 Å². The lowest BCUT2D eigenvalue weighted by Crippen LogP contribution is -2.45. The van der Waals surface area contributed by atoms with Crippen molar-refractivity contribution in [3.8, 4) is 0 Å². The van der Waals surface area contributed by atoms with Crippen LogP contribution in [0.2, 0.25) is 0 Å². The van der Waals surface area contributed by atoms with Crippen LogP contribution in [0.25, 0.3) is 0 Å². The van der Waals surface area contributed by atoms with Gasteiger partial charge >= 0.3 is 12.7 Å². The third kappa shape index (κ3) is 3.45. The first-order valence-electron chi connectivity index (χ1n) is 7.58. The Labute approximate surface area is 150 Å². The molecule has 0 bridgehead atoms. The number of amides is 2. The summed E-state index contributed by atoms with van der Waals surface area (Å²) in [6.45, 7) is -1.43. The highest BCUT2D eigenvalue weighted by Crippen LogP contribution is 2.59. The van der Waals surface area contributed by atoms with Gasteiger partial charge in [0.1, 0.15) is 16.5 Å². The average Bonchev–Trinajstić information content (AvgIpc) is 3.13. The standard InChI is InChI=1S/C15H16BrF2N3O4/c1-7-2-3-10(16)19-11(7)20-12(22)8-4-15(6-25-13(17)18)5-9(15)21(8)14(23)24/h2-3,8-9,13H,4-6H2,1H3,(H,23,24)(H,19,20,22). The van der Waals surface area contributed by atoms with Gasteiger partial charge in [0, 0.05) is 11.5 Å². The van der Waals surface area contributed by atoms with Crippen LogP contribution >= 0.6 is 15.9 Å². The lowest BCUT2D eigenvalue weighted by molar-refractivity contribution is -0.141. The number of hydrogen-bond donors (Lipinski definition) is 2. The van der Waals surface area contributed by atoms with Crippen LogP contribution in [0.15, 0.2) is 16.7 Å². The maximum Gasteiger partial charge on any atom is 0.408 e. The van der Waals surface area contributed by atoms with Crippen molar-refractivity contribution in [2.75, 3.05) is 11.9 Å². The Hall–Kier alpha value is -1.81. The zero-order valence-corrected chi connectivity index (χ0v) is 14.8. The molecule has 1 aliphatic carbocycles. The van der Waals surface area contributed by atoms with E-state index in [2.05, 4.69) is 31.0 Å². The second kappa shape index (κ2) is 6.49. The van der Waals surface area contributed by atoms with Gasteiger partial charge in [0.15, 0.2) is 0 Å². The van der Waals surface area contributed by atoms with Crippen LogP contribution in [-0.4, -0.2) is 52.3 Å². The number of alkyl halides is 2. The molecule has 0 aromatic carbocycles. The molecular weight excluding hydrogens is 404 g/mol. The van der Waals surface area contributed by atoms with Gasteiger partial charge in [0.2, 0.25) is 5.91 Å². The summed E-state index contributed by atoms with van der Waals surface area (Å²) >= 11 is 3.21. The lowest BCUT2D eigenvalue weighted by Gasteiger charge is -2.24. The van der Waals surface area contributed by atoms with Crippen LogP contribution in [-0.2, 0) is 9.53 Å². The summed E-state index contributed by atoms with van der Waals surface area (Å²) < 4.78 is 29.5. The van der Waals surface area contributed by atoms with E-state index >= 15 is 0 Å². The Bertz CT molecular complexity index is 720. The van der Waals surface area contributed by atoms with E-state index in [0.29, 0.717) is 16.8 Å². The summed E-state index contributed by atoms with van der Waals surface area (Å²) in [6.07, 6.45) is -0.681. The van der Waals surface area contributed by atoms with Gasteiger partial charge in [-0.25, -0.2) is 9.78 Å². The van der Waals surface area contributed by atoms with E-state index in [1.54, 1.807) is 19.1 Å². The third-order valence-corrected chi connectivity index (χ3v) is 5.18. The summed E-state index contributed by atoms with van der Waals surface area (Å²) in [5.74, 6) is -0.206. The van der Waals surface area contributed by atoms with Crippen molar-refractivity contribution in [2.24, 2.45) is 5.41 Å². The Morgan fingerprint density at radius 3 is 2.88 bits per heavy atom. The predicted molar refractivity (Wildman–Crippen MR) is 86.4 cm³/mol. The Morgan fingerprint density at radius 1 is 1.52 bits per heavy atom. The van der Waals surface area contributed by atoms with Gasteiger partial charge in [-0.2, -0.15) is 8.78 Å². The molecule has 2 amide bonds. The van der Waals surface area contributed by atoms with Crippen LogP contribution in [0.3, 0.4) is 0 Å². The van der Waals surface area contributed by atoms with Crippen molar-refractivity contribution in [3.05, 3.63) is 22.3 Å². The van der Waals surface area contributed by atoms with Crippen molar-refractivity contribution in [3.63, 3.8) is 0 Å². The van der Waals surface area contributed by atoms with Crippen LogP contribution in [0.1, 0.15) is 18.4 Å². The van der Waals surface area contributed by atoms with Gasteiger partial charge in [0.25, 0.3) is 0 Å². The molecule has 2 fully saturated rings. The number of nitrogens with zero attached hydrogens (tertiary/aromatic N) is 2. The zero-order chi connectivity index (χ0) is 18.4. The first-order valence-corrected chi connectivity index (χ1v) is 8.38. The fourth-order valence-electron chi connectivity index (χ4n) is 3.40. The molecule has 2 heterocycles. The van der Waals surface area contributed by atoms with Gasteiger partial charge < -0.3 is 15.2 Å². The molecule has 10 heteroatoms. The summed E-state index contributed by atoms with van der Waals surface area (Å²) in [6, 6.07) is 2.04. The molecule has 7 nitrogen and oxygen atoms in total. The van der Waals surface area contributed by atoms with Crippen LogP contribution < -0.4 is 5.32 Å². The number of nitrogens with one attached hydrogen (secondary N) is 1. The maximum absolute atomic E-state index is 12.6. The first kappa shape index (κ1) is 18.0. The second-order valence-electron chi connectivity index (χ2n) is 6.35. The minimum atomic E-state index is -2.92. The van der Waals surface area contributed by atoms with Crippen LogP contribution in [0.5, 0.6) is 0 Å². The number of carbonyl (C=O) groups is 2. The minimum absolute atomic E-state index is 0.148. The number of aromatic nitrogens is 1. The van der Waals surface area contributed by atoms with Crippen molar-refractivity contribution >= 4 is 33.7 Å². The number of halogens is 3. The molecule has 2 aliphatic rings. The number of ether oxygens (including phenoxy) is 1. The normalized spacial score (nSPS) is 27.3. The second-order valence-corrected chi connectivity index (χ2v) is 7.16. The number of hydrogen-bond acceptors (Lipinski definition) is 4. The molecule has 0 spiro atoms. The number of carboxylic acid groups (broad SMARTS) is 1. The number of anilines is 1. The number of fused-ring (bicyclic) bond motifs is 1. The zero-order valence-electron chi connectivity index (χ0n) is 13.2. The highest BCUT2D eigenvalue weighted by atomic mass is 79.9. The highest BCUT2D eigenvalue weighted by Gasteiger charge is 2.67. The Kier molecular flexibility index (Phi) is 4.67. The number of aryl methyl sites for hydroxylation is 1. The van der Waals surface area contributed by atoms with Gasteiger partial charge in [0.05, 0.1) is 6.61 Å². The van der Waals surface area contributed by atoms with Gasteiger partial charge in [-0.05, 0) is 47.3 Å². The van der Waals surface area contributed by atoms with Gasteiger partial charge in [-0.15, -0.1) is 0 Å². The topological polar surface area (TPSA) is 91.8 Å². The molecular formula is C15H16BrF2N3O4. The maximum atomic E-state index is 12.6. The van der Waals surface area contributed by atoms with E-state index in [0.717, 1.165) is 10.5 Å². The molecule has 2 N–H and O–H groups in total. The van der Waals surface area contributed by atoms with E-state index < -0.39 is 36.1 Å². The summed E-state index contributed by atoms with van der Waals surface area (Å²) in [4.78, 5) is 29.3. The molecule has 3 unspecified atom stereocenters. The molecule has 0 radical (unpaired) electrons. The average molecular weight is 420 g/mol. The Balaban J connectivity index is 1.75. The van der Waals surface area contributed by atoms with E-state index in [1.807, 2.05) is 0 Å². The SMILES string of the molecule is Cc1ccc(Br)nc1NC(=O)C1CC2(COC(F)F)CC2N1C(=O)O. The van der Waals surface area contributed by atoms with E-state index in [4.69, 9.17) is 0 Å². The quantitative estimate of drug-likeness (QED) is 0.715. The van der Waals surface area contributed by atoms with E-state index in [-0.39, 0.29) is 13.0 Å². The van der Waals surface area contributed by atoms with Crippen LogP contribution in [0.4, 0.5) is 19.4 Å². The van der Waals surface area contributed by atoms with Crippen molar-refractivity contribution < 1.29 is 28.2 Å². The monoisotopic (exact) mass is 419 g/mol. The number of carbonyl (C=O) groups excluding carboxylic acids is 1. The molecule has 1 aliphatic heterocycles. The molecule has 3 rings (SSSR count). The van der Waals surface area contributed by atoms with Crippen LogP contribution in [0, 0.1) is 12.3 Å². The minimum Gasteiger partial charge on any atom is -0.465 e. The molecule has 25 heavy (non-hydrogen) atoms. The Morgan fingerprint density at radius 2 is 2.24 bits per heavy atom.